The van der Waals surface area contributed by atoms with E-state index < -0.39 is 0 Å². The summed E-state index contributed by atoms with van der Waals surface area (Å²) in [5.74, 6) is 1.35. The number of hydrogen-bond donors (Lipinski definition) is 1. The molecular formula is C16H20ClN5O. The molecule has 0 atom stereocenters. The zero-order chi connectivity index (χ0) is 15.7. The molecule has 3 rings (SSSR count). The van der Waals surface area contributed by atoms with Gasteiger partial charge in [0.25, 0.3) is 5.89 Å². The minimum absolute atomic E-state index is 0. The van der Waals surface area contributed by atoms with Crippen LogP contribution >= 0.6 is 12.4 Å². The zero-order valence-corrected chi connectivity index (χ0v) is 14.2. The minimum atomic E-state index is 0. The predicted molar refractivity (Wildman–Crippen MR) is 91.2 cm³/mol. The highest BCUT2D eigenvalue weighted by atomic mass is 35.5. The fraction of sp³-hybridized carbons (Fsp3) is 0.312. The van der Waals surface area contributed by atoms with Gasteiger partial charge < -0.3 is 10.3 Å². The lowest BCUT2D eigenvalue weighted by molar-refractivity contribution is 0.431. The van der Waals surface area contributed by atoms with Gasteiger partial charge in [0, 0.05) is 25.4 Å². The summed E-state index contributed by atoms with van der Waals surface area (Å²) in [4.78, 5) is 4.50. The number of aromatic nitrogens is 4. The number of nitrogens with zero attached hydrogens (tertiary/aromatic N) is 4. The van der Waals surface area contributed by atoms with Crippen molar-refractivity contribution in [2.24, 2.45) is 12.8 Å². The molecule has 2 heterocycles. The van der Waals surface area contributed by atoms with Gasteiger partial charge in [-0.15, -0.1) is 12.4 Å². The molecule has 7 heteroatoms. The van der Waals surface area contributed by atoms with Gasteiger partial charge in [0.05, 0.1) is 11.3 Å². The molecule has 23 heavy (non-hydrogen) atoms. The summed E-state index contributed by atoms with van der Waals surface area (Å²) in [6, 6.07) is 7.83. The lowest BCUT2D eigenvalue weighted by atomic mass is 10.1. The van der Waals surface area contributed by atoms with Gasteiger partial charge in [0.15, 0.2) is 0 Å². The van der Waals surface area contributed by atoms with E-state index in [-0.39, 0.29) is 18.3 Å². The normalized spacial score (nSPS) is 10.8. The lowest BCUT2D eigenvalue weighted by Crippen LogP contribution is -1.95. The number of benzene rings is 1. The van der Waals surface area contributed by atoms with Crippen molar-refractivity contribution in [3.63, 3.8) is 0 Å². The maximum absolute atomic E-state index is 5.61. The molecule has 0 aliphatic rings. The molecule has 6 nitrogen and oxygen atoms in total. The predicted octanol–water partition coefficient (Wildman–Crippen LogP) is 3.14. The monoisotopic (exact) mass is 333 g/mol. The van der Waals surface area contributed by atoms with Gasteiger partial charge in [-0.05, 0) is 11.5 Å². The van der Waals surface area contributed by atoms with Gasteiger partial charge in [-0.1, -0.05) is 43.3 Å². The molecule has 0 aliphatic carbocycles. The second kappa shape index (κ2) is 6.93. The number of hydrogen-bond acceptors (Lipinski definition) is 5. The van der Waals surface area contributed by atoms with Crippen LogP contribution in [0, 0.1) is 0 Å². The quantitative estimate of drug-likeness (QED) is 0.793. The van der Waals surface area contributed by atoms with Crippen molar-refractivity contribution in [2.75, 3.05) is 0 Å². The van der Waals surface area contributed by atoms with Crippen LogP contribution in [0.4, 0.5) is 0 Å². The average Bonchev–Trinajstić information content (AvgIpc) is 3.13. The van der Waals surface area contributed by atoms with Gasteiger partial charge in [-0.25, -0.2) is 0 Å². The number of aryl methyl sites for hydroxylation is 1. The van der Waals surface area contributed by atoms with Crippen molar-refractivity contribution in [3.05, 3.63) is 41.7 Å². The Balaban J connectivity index is 0.00000192. The van der Waals surface area contributed by atoms with Crippen LogP contribution in [0.15, 0.2) is 35.0 Å². The van der Waals surface area contributed by atoms with E-state index in [2.05, 4.69) is 29.1 Å². The fourth-order valence-electron chi connectivity index (χ4n) is 2.34. The summed E-state index contributed by atoms with van der Waals surface area (Å²) in [6.07, 6.45) is 1.91. The summed E-state index contributed by atoms with van der Waals surface area (Å²) >= 11 is 0. The largest absolute Gasteiger partial charge is 0.333 e. The number of nitrogens with two attached hydrogens (primary N) is 1. The van der Waals surface area contributed by atoms with Crippen LogP contribution in [0.3, 0.4) is 0 Å². The molecule has 122 valence electrons. The molecule has 0 radical (unpaired) electrons. The van der Waals surface area contributed by atoms with Crippen LogP contribution in [0.1, 0.15) is 31.0 Å². The van der Waals surface area contributed by atoms with E-state index in [1.165, 1.54) is 0 Å². The molecule has 0 fully saturated rings. The molecule has 0 saturated heterocycles. The van der Waals surface area contributed by atoms with E-state index in [1.807, 2.05) is 37.5 Å². The SMILES string of the molecule is CC(C)c1nn(C)cc1-c1nc(-c2ccc(CN)cc2)no1.Cl. The van der Waals surface area contributed by atoms with Gasteiger partial charge in [0.2, 0.25) is 5.82 Å². The van der Waals surface area contributed by atoms with Crippen molar-refractivity contribution < 1.29 is 4.52 Å². The Morgan fingerprint density at radius 3 is 2.52 bits per heavy atom. The highest BCUT2D eigenvalue weighted by Gasteiger charge is 2.19. The molecule has 0 spiro atoms. The van der Waals surface area contributed by atoms with Crippen molar-refractivity contribution in [1.29, 1.82) is 0 Å². The minimum Gasteiger partial charge on any atom is -0.333 e. The van der Waals surface area contributed by atoms with Crippen LogP contribution in [-0.2, 0) is 13.6 Å². The van der Waals surface area contributed by atoms with Crippen molar-refractivity contribution in [3.8, 4) is 22.8 Å². The van der Waals surface area contributed by atoms with E-state index in [0.29, 0.717) is 18.3 Å². The van der Waals surface area contributed by atoms with Gasteiger partial charge >= 0.3 is 0 Å². The maximum atomic E-state index is 5.61. The molecule has 0 bridgehead atoms. The first-order valence-electron chi connectivity index (χ1n) is 7.25. The molecule has 0 unspecified atom stereocenters. The Morgan fingerprint density at radius 1 is 1.22 bits per heavy atom. The third-order valence-electron chi connectivity index (χ3n) is 3.51. The van der Waals surface area contributed by atoms with Crippen molar-refractivity contribution in [2.45, 2.75) is 26.3 Å². The van der Waals surface area contributed by atoms with Gasteiger partial charge in [-0.2, -0.15) is 10.1 Å². The molecule has 1 aromatic carbocycles. The molecule has 0 aliphatic heterocycles. The fourth-order valence-corrected chi connectivity index (χ4v) is 2.34. The Morgan fingerprint density at radius 2 is 1.91 bits per heavy atom. The van der Waals surface area contributed by atoms with E-state index in [0.717, 1.165) is 22.4 Å². The van der Waals surface area contributed by atoms with Crippen molar-refractivity contribution >= 4 is 12.4 Å². The average molecular weight is 334 g/mol. The number of rotatable bonds is 4. The summed E-state index contributed by atoms with van der Waals surface area (Å²) in [5.41, 5.74) is 9.42. The van der Waals surface area contributed by atoms with Gasteiger partial charge in [0.1, 0.15) is 0 Å². The van der Waals surface area contributed by atoms with Crippen LogP contribution in [0.5, 0.6) is 0 Å². The molecule has 2 N–H and O–H groups in total. The van der Waals surface area contributed by atoms with E-state index in [1.54, 1.807) is 4.68 Å². The first-order valence-corrected chi connectivity index (χ1v) is 7.25. The van der Waals surface area contributed by atoms with E-state index >= 15 is 0 Å². The van der Waals surface area contributed by atoms with Crippen LogP contribution in [-0.4, -0.2) is 19.9 Å². The summed E-state index contributed by atoms with van der Waals surface area (Å²) < 4.78 is 7.20. The Kier molecular flexibility index (Phi) is 5.18. The standard InChI is InChI=1S/C16H19N5O.ClH/c1-10(2)14-13(9-21(3)19-14)16-18-15(20-22-16)12-6-4-11(8-17)5-7-12;/h4-7,9-10H,8,17H2,1-3H3;1H. The Hall–Kier alpha value is -2.18. The maximum Gasteiger partial charge on any atom is 0.261 e. The molecule has 3 aromatic rings. The van der Waals surface area contributed by atoms with Gasteiger partial charge in [-0.3, -0.25) is 4.68 Å². The summed E-state index contributed by atoms with van der Waals surface area (Å²) in [6.45, 7) is 4.70. The third-order valence-corrected chi connectivity index (χ3v) is 3.51. The Labute approximate surface area is 141 Å². The highest BCUT2D eigenvalue weighted by molar-refractivity contribution is 5.85. The highest BCUT2D eigenvalue weighted by Crippen LogP contribution is 2.28. The first kappa shape index (κ1) is 17.2. The summed E-state index contributed by atoms with van der Waals surface area (Å²) in [5, 5.41) is 8.54. The van der Waals surface area contributed by atoms with E-state index in [9.17, 15) is 0 Å². The molecule has 2 aromatic heterocycles. The van der Waals surface area contributed by atoms with Crippen LogP contribution in [0.2, 0.25) is 0 Å². The van der Waals surface area contributed by atoms with Crippen molar-refractivity contribution in [1.82, 2.24) is 19.9 Å². The Bertz CT molecular complexity index is 776. The zero-order valence-electron chi connectivity index (χ0n) is 13.4. The number of halogens is 1. The molecular weight excluding hydrogens is 314 g/mol. The third kappa shape index (κ3) is 3.43. The first-order chi connectivity index (χ1) is 10.6. The smallest absolute Gasteiger partial charge is 0.261 e. The van der Waals surface area contributed by atoms with E-state index in [4.69, 9.17) is 10.3 Å². The summed E-state index contributed by atoms with van der Waals surface area (Å²) in [7, 11) is 1.89. The molecule has 0 amide bonds. The van der Waals surface area contributed by atoms with Crippen LogP contribution < -0.4 is 5.73 Å². The molecule has 0 saturated carbocycles. The second-order valence-electron chi connectivity index (χ2n) is 5.58. The lowest BCUT2D eigenvalue weighted by Gasteiger charge is -2.00. The van der Waals surface area contributed by atoms with Crippen LogP contribution in [0.25, 0.3) is 22.8 Å². The topological polar surface area (TPSA) is 82.8 Å². The second-order valence-corrected chi connectivity index (χ2v) is 5.58.